The summed E-state index contributed by atoms with van der Waals surface area (Å²) in [6.07, 6.45) is 5.52. The molecule has 1 fully saturated rings. The second kappa shape index (κ2) is 5.76. The molecule has 0 atom stereocenters. The lowest BCUT2D eigenvalue weighted by molar-refractivity contribution is 0.0920. The van der Waals surface area contributed by atoms with Crippen LogP contribution in [0, 0.1) is 12.3 Å². The van der Waals surface area contributed by atoms with E-state index < -0.39 is 15.9 Å². The Balaban J connectivity index is 2.15. The molecule has 0 saturated heterocycles. The van der Waals surface area contributed by atoms with Crippen molar-refractivity contribution in [2.75, 3.05) is 6.54 Å². The van der Waals surface area contributed by atoms with Gasteiger partial charge in [-0.2, -0.15) is 5.10 Å². The predicted molar refractivity (Wildman–Crippen MR) is 78.2 cm³/mol. The van der Waals surface area contributed by atoms with Gasteiger partial charge in [-0.1, -0.05) is 19.8 Å². The summed E-state index contributed by atoms with van der Waals surface area (Å²) in [7, 11) is -3.98. The summed E-state index contributed by atoms with van der Waals surface area (Å²) < 4.78 is 23.1. The Hall–Kier alpha value is -1.41. The summed E-state index contributed by atoms with van der Waals surface area (Å²) in [5.41, 5.74) is 0.246. The SMILES string of the molecule is CCC1(CNC(=O)c2n[nH]c(C)c2S(N)(=O)=O)CCCC1. The number of nitrogens with two attached hydrogens (primary N) is 1. The molecule has 1 aliphatic carbocycles. The highest BCUT2D eigenvalue weighted by Gasteiger charge is 2.33. The number of amides is 1. The van der Waals surface area contributed by atoms with Crippen molar-refractivity contribution < 1.29 is 13.2 Å². The second-order valence-corrected chi connectivity index (χ2v) is 7.31. The largest absolute Gasteiger partial charge is 0.350 e. The Kier molecular flexibility index (Phi) is 4.38. The zero-order valence-electron chi connectivity index (χ0n) is 12.4. The molecular formula is C13H22N4O3S. The van der Waals surface area contributed by atoms with E-state index in [0.29, 0.717) is 6.54 Å². The molecule has 0 radical (unpaired) electrons. The van der Waals surface area contributed by atoms with Crippen molar-refractivity contribution in [1.29, 1.82) is 0 Å². The number of primary sulfonamides is 1. The van der Waals surface area contributed by atoms with E-state index in [1.807, 2.05) is 0 Å². The first-order chi connectivity index (χ1) is 9.79. The van der Waals surface area contributed by atoms with E-state index >= 15 is 0 Å². The van der Waals surface area contributed by atoms with Crippen LogP contribution in [0.3, 0.4) is 0 Å². The molecule has 1 heterocycles. The third kappa shape index (κ3) is 3.26. The second-order valence-electron chi connectivity index (χ2n) is 5.81. The van der Waals surface area contributed by atoms with Gasteiger partial charge in [0.15, 0.2) is 5.69 Å². The van der Waals surface area contributed by atoms with Crippen molar-refractivity contribution in [3.63, 3.8) is 0 Å². The number of nitrogens with zero attached hydrogens (tertiary/aromatic N) is 1. The molecule has 1 aromatic rings. The number of aryl methyl sites for hydroxylation is 1. The van der Waals surface area contributed by atoms with Crippen LogP contribution in [0.25, 0.3) is 0 Å². The smallest absolute Gasteiger partial charge is 0.273 e. The third-order valence-electron chi connectivity index (χ3n) is 4.43. The van der Waals surface area contributed by atoms with Crippen molar-refractivity contribution in [1.82, 2.24) is 15.5 Å². The van der Waals surface area contributed by atoms with Crippen molar-refractivity contribution in [2.45, 2.75) is 50.8 Å². The molecule has 1 aliphatic rings. The average Bonchev–Trinajstić information content (AvgIpc) is 3.02. The molecule has 1 aromatic heterocycles. The van der Waals surface area contributed by atoms with Gasteiger partial charge in [-0.15, -0.1) is 0 Å². The number of H-pyrrole nitrogens is 1. The molecule has 7 nitrogen and oxygen atoms in total. The number of hydrogen-bond donors (Lipinski definition) is 3. The number of aromatic amines is 1. The van der Waals surface area contributed by atoms with E-state index in [-0.39, 0.29) is 21.7 Å². The van der Waals surface area contributed by atoms with Gasteiger partial charge in [0.05, 0.1) is 5.69 Å². The zero-order valence-corrected chi connectivity index (χ0v) is 13.2. The lowest BCUT2D eigenvalue weighted by Crippen LogP contribution is -2.36. The maximum Gasteiger partial charge on any atom is 0.273 e. The van der Waals surface area contributed by atoms with Crippen molar-refractivity contribution in [3.8, 4) is 0 Å². The molecule has 2 rings (SSSR count). The first-order valence-corrected chi connectivity index (χ1v) is 8.70. The number of carbonyl (C=O) groups excluding carboxylic acids is 1. The molecule has 0 aromatic carbocycles. The molecular weight excluding hydrogens is 292 g/mol. The standard InChI is InChI=1S/C13H22N4O3S/c1-3-13(6-4-5-7-13)8-15-12(18)10-11(21(14,19)20)9(2)16-17-10/h3-8H2,1-2H3,(H,15,18)(H,16,17)(H2,14,19,20). The van der Waals surface area contributed by atoms with Crippen LogP contribution in [0.2, 0.25) is 0 Å². The van der Waals surface area contributed by atoms with Gasteiger partial charge >= 0.3 is 0 Å². The van der Waals surface area contributed by atoms with Crippen LogP contribution in [0.4, 0.5) is 0 Å². The monoisotopic (exact) mass is 314 g/mol. The molecule has 0 aliphatic heterocycles. The Morgan fingerprint density at radius 2 is 2.05 bits per heavy atom. The number of sulfonamides is 1. The van der Waals surface area contributed by atoms with E-state index in [2.05, 4.69) is 22.4 Å². The van der Waals surface area contributed by atoms with Crippen LogP contribution in [-0.2, 0) is 10.0 Å². The van der Waals surface area contributed by atoms with Gasteiger partial charge in [0.25, 0.3) is 5.91 Å². The number of hydrogen-bond acceptors (Lipinski definition) is 4. The zero-order chi connectivity index (χ0) is 15.7. The first-order valence-electron chi connectivity index (χ1n) is 7.15. The fraction of sp³-hybridized carbons (Fsp3) is 0.692. The highest BCUT2D eigenvalue weighted by atomic mass is 32.2. The van der Waals surface area contributed by atoms with Gasteiger partial charge in [-0.25, -0.2) is 13.6 Å². The summed E-state index contributed by atoms with van der Waals surface area (Å²) in [6, 6.07) is 0. The summed E-state index contributed by atoms with van der Waals surface area (Å²) in [5, 5.41) is 14.2. The molecule has 1 amide bonds. The first kappa shape index (κ1) is 16.0. The molecule has 0 bridgehead atoms. The Morgan fingerprint density at radius 1 is 1.43 bits per heavy atom. The highest BCUT2D eigenvalue weighted by molar-refractivity contribution is 7.89. The van der Waals surface area contributed by atoms with E-state index in [4.69, 9.17) is 5.14 Å². The van der Waals surface area contributed by atoms with E-state index in [1.54, 1.807) is 0 Å². The molecule has 1 saturated carbocycles. The third-order valence-corrected chi connectivity index (χ3v) is 5.50. The summed E-state index contributed by atoms with van der Waals surface area (Å²) in [6.45, 7) is 4.18. The summed E-state index contributed by atoms with van der Waals surface area (Å²) in [4.78, 5) is 12.0. The number of rotatable bonds is 5. The van der Waals surface area contributed by atoms with E-state index in [0.717, 1.165) is 19.3 Å². The summed E-state index contributed by atoms with van der Waals surface area (Å²) >= 11 is 0. The number of nitrogens with one attached hydrogen (secondary N) is 2. The van der Waals surface area contributed by atoms with Crippen LogP contribution in [-0.4, -0.2) is 31.1 Å². The molecule has 0 unspecified atom stereocenters. The predicted octanol–water partition coefficient (Wildman–Crippen LogP) is 1.07. The normalized spacial score (nSPS) is 17.9. The summed E-state index contributed by atoms with van der Waals surface area (Å²) in [5.74, 6) is -0.497. The van der Waals surface area contributed by atoms with Crippen LogP contribution >= 0.6 is 0 Å². The van der Waals surface area contributed by atoms with Gasteiger partial charge in [0, 0.05) is 6.54 Å². The fourth-order valence-electron chi connectivity index (χ4n) is 3.05. The Morgan fingerprint density at radius 3 is 2.57 bits per heavy atom. The lowest BCUT2D eigenvalue weighted by atomic mass is 9.83. The van der Waals surface area contributed by atoms with Crippen molar-refractivity contribution >= 4 is 15.9 Å². The molecule has 21 heavy (non-hydrogen) atoms. The fourth-order valence-corrected chi connectivity index (χ4v) is 3.93. The van der Waals surface area contributed by atoms with Gasteiger partial charge in [0.2, 0.25) is 10.0 Å². The minimum Gasteiger partial charge on any atom is -0.350 e. The van der Waals surface area contributed by atoms with Crippen LogP contribution in [0.1, 0.15) is 55.2 Å². The molecule has 0 spiro atoms. The molecule has 8 heteroatoms. The van der Waals surface area contributed by atoms with Crippen molar-refractivity contribution in [3.05, 3.63) is 11.4 Å². The maximum absolute atomic E-state index is 12.2. The minimum absolute atomic E-state index is 0.128. The molecule has 118 valence electrons. The average molecular weight is 314 g/mol. The maximum atomic E-state index is 12.2. The number of carbonyl (C=O) groups is 1. The van der Waals surface area contributed by atoms with Gasteiger partial charge in [-0.3, -0.25) is 9.89 Å². The topological polar surface area (TPSA) is 118 Å². The number of aromatic nitrogens is 2. The Bertz CT molecular complexity index is 630. The van der Waals surface area contributed by atoms with E-state index in [1.165, 1.54) is 19.8 Å². The van der Waals surface area contributed by atoms with E-state index in [9.17, 15) is 13.2 Å². The van der Waals surface area contributed by atoms with Gasteiger partial charge < -0.3 is 5.32 Å². The quantitative estimate of drug-likeness (QED) is 0.753. The minimum atomic E-state index is -3.98. The van der Waals surface area contributed by atoms with Crippen LogP contribution in [0.5, 0.6) is 0 Å². The van der Waals surface area contributed by atoms with Gasteiger partial charge in [-0.05, 0) is 31.6 Å². The van der Waals surface area contributed by atoms with Crippen molar-refractivity contribution in [2.24, 2.45) is 10.6 Å². The van der Waals surface area contributed by atoms with Gasteiger partial charge in [0.1, 0.15) is 4.90 Å². The molecule has 4 N–H and O–H groups in total. The Labute approximate surface area is 124 Å². The van der Waals surface area contributed by atoms with Crippen LogP contribution < -0.4 is 10.5 Å². The lowest BCUT2D eigenvalue weighted by Gasteiger charge is -2.27. The highest BCUT2D eigenvalue weighted by Crippen LogP contribution is 2.40. The van der Waals surface area contributed by atoms with Crippen LogP contribution in [0.15, 0.2) is 4.90 Å².